The molecule has 1 aromatic heterocycles. The van der Waals surface area contributed by atoms with Crippen molar-refractivity contribution in [1.29, 1.82) is 0 Å². The van der Waals surface area contributed by atoms with Crippen LogP contribution in [-0.2, 0) is 4.79 Å². The van der Waals surface area contributed by atoms with Gasteiger partial charge in [-0.15, -0.1) is 0 Å². The zero-order valence-corrected chi connectivity index (χ0v) is 16.9. The number of carbonyl (C=O) groups is 1. The lowest BCUT2D eigenvalue weighted by Crippen LogP contribution is -2.41. The molecule has 2 N–H and O–H groups in total. The molecule has 0 bridgehead atoms. The number of amides is 1. The number of fused-ring (bicyclic) bond motifs is 1. The van der Waals surface area contributed by atoms with E-state index in [-0.39, 0.29) is 17.2 Å². The molecule has 0 spiro atoms. The van der Waals surface area contributed by atoms with Gasteiger partial charge in [0.05, 0.1) is 18.2 Å². The van der Waals surface area contributed by atoms with Gasteiger partial charge in [0.25, 0.3) is 0 Å². The summed E-state index contributed by atoms with van der Waals surface area (Å²) in [6.45, 7) is 4.07. The van der Waals surface area contributed by atoms with Gasteiger partial charge in [-0.05, 0) is 61.4 Å². The van der Waals surface area contributed by atoms with Crippen LogP contribution in [0, 0.1) is 13.8 Å². The summed E-state index contributed by atoms with van der Waals surface area (Å²) >= 11 is 1.58. The van der Waals surface area contributed by atoms with Gasteiger partial charge in [-0.2, -0.15) is 0 Å². The van der Waals surface area contributed by atoms with Crippen LogP contribution in [0.2, 0.25) is 0 Å². The van der Waals surface area contributed by atoms with Crippen molar-refractivity contribution in [2.45, 2.75) is 30.2 Å². The number of nitrogens with zero attached hydrogens (tertiary/aromatic N) is 1. The summed E-state index contributed by atoms with van der Waals surface area (Å²) in [6.07, 6.45) is 0. The number of benzene rings is 2. The Hall–Kier alpha value is -2.86. The quantitative estimate of drug-likeness (QED) is 0.685. The van der Waals surface area contributed by atoms with Gasteiger partial charge in [0, 0.05) is 11.4 Å². The Balaban J connectivity index is 1.65. The third kappa shape index (κ3) is 3.60. The van der Waals surface area contributed by atoms with Crippen LogP contribution >= 0.6 is 11.8 Å². The van der Waals surface area contributed by atoms with E-state index in [2.05, 4.69) is 28.4 Å². The summed E-state index contributed by atoms with van der Waals surface area (Å²) in [5.74, 6) is 0.778. The highest BCUT2D eigenvalue weighted by Crippen LogP contribution is 2.39. The lowest BCUT2D eigenvalue weighted by atomic mass is 10.0. The third-order valence-electron chi connectivity index (χ3n) is 4.88. The average Bonchev–Trinajstić information content (AvgIpc) is 3.07. The average molecular weight is 394 g/mol. The maximum Gasteiger partial charge on any atom is 0.240 e. The van der Waals surface area contributed by atoms with Gasteiger partial charge >= 0.3 is 0 Å². The zero-order valence-electron chi connectivity index (χ0n) is 16.1. The fourth-order valence-corrected chi connectivity index (χ4v) is 4.61. The Bertz CT molecular complexity index is 997. The molecular formula is C22H23N3O2S. The highest BCUT2D eigenvalue weighted by atomic mass is 32.2. The molecule has 28 heavy (non-hydrogen) atoms. The van der Waals surface area contributed by atoms with Gasteiger partial charge in [-0.25, -0.2) is 0 Å². The SMILES string of the molecule is COc1ccc([C@H]2Nn3c(C)ccc3S[C@H]2C(=O)Nc2cccc(C)c2)cc1. The minimum atomic E-state index is -0.310. The molecule has 144 valence electrons. The normalized spacial score (nSPS) is 18.1. The van der Waals surface area contributed by atoms with Crippen molar-refractivity contribution in [1.82, 2.24) is 4.68 Å². The maximum atomic E-state index is 13.2. The zero-order chi connectivity index (χ0) is 19.7. The van der Waals surface area contributed by atoms with Crippen LogP contribution in [0.4, 0.5) is 5.69 Å². The van der Waals surface area contributed by atoms with E-state index in [9.17, 15) is 4.79 Å². The molecule has 0 saturated carbocycles. The fourth-order valence-electron chi connectivity index (χ4n) is 3.38. The third-order valence-corrected chi connectivity index (χ3v) is 6.18. The highest BCUT2D eigenvalue weighted by molar-refractivity contribution is 8.00. The monoisotopic (exact) mass is 393 g/mol. The highest BCUT2D eigenvalue weighted by Gasteiger charge is 2.36. The molecule has 1 amide bonds. The molecule has 1 aliphatic heterocycles. The summed E-state index contributed by atoms with van der Waals surface area (Å²) in [6, 6.07) is 19.7. The largest absolute Gasteiger partial charge is 0.497 e. The minimum absolute atomic E-state index is 0.0194. The Morgan fingerprint density at radius 2 is 1.89 bits per heavy atom. The predicted molar refractivity (Wildman–Crippen MR) is 114 cm³/mol. The molecule has 2 atom stereocenters. The van der Waals surface area contributed by atoms with Gasteiger partial charge in [0.1, 0.15) is 11.0 Å². The van der Waals surface area contributed by atoms with Gasteiger partial charge in [-0.3, -0.25) is 9.47 Å². The molecule has 6 heteroatoms. The summed E-state index contributed by atoms with van der Waals surface area (Å²) in [5.41, 5.74) is 7.60. The van der Waals surface area contributed by atoms with E-state index in [1.165, 1.54) is 0 Å². The fraction of sp³-hybridized carbons (Fsp3) is 0.227. The Morgan fingerprint density at radius 3 is 2.61 bits per heavy atom. The van der Waals surface area contributed by atoms with Crippen LogP contribution < -0.4 is 15.5 Å². The number of nitrogens with one attached hydrogen (secondary N) is 2. The summed E-state index contributed by atoms with van der Waals surface area (Å²) in [5, 5.41) is 3.80. The number of ether oxygens (including phenoxy) is 1. The van der Waals surface area contributed by atoms with Crippen LogP contribution in [0.15, 0.2) is 65.7 Å². The first kappa shape index (κ1) is 18.5. The van der Waals surface area contributed by atoms with Crippen LogP contribution in [0.5, 0.6) is 5.75 Å². The number of hydrogen-bond acceptors (Lipinski definition) is 4. The van der Waals surface area contributed by atoms with E-state index in [0.717, 1.165) is 33.3 Å². The molecule has 5 nitrogen and oxygen atoms in total. The second-order valence-electron chi connectivity index (χ2n) is 6.93. The molecule has 2 aromatic carbocycles. The number of thioether (sulfide) groups is 1. The molecule has 0 saturated heterocycles. The Labute approximate surface area is 169 Å². The number of carbonyl (C=O) groups excluding carboxylic acids is 1. The summed E-state index contributed by atoms with van der Waals surface area (Å²) < 4.78 is 7.33. The van der Waals surface area contributed by atoms with Crippen LogP contribution in [0.3, 0.4) is 0 Å². The van der Waals surface area contributed by atoms with Crippen molar-refractivity contribution >= 4 is 23.4 Å². The number of anilines is 1. The number of methoxy groups -OCH3 is 1. The number of hydrogen-bond donors (Lipinski definition) is 2. The summed E-state index contributed by atoms with van der Waals surface area (Å²) in [4.78, 5) is 13.2. The number of aromatic nitrogens is 1. The van der Waals surface area contributed by atoms with Crippen molar-refractivity contribution in [2.24, 2.45) is 0 Å². The molecule has 4 rings (SSSR count). The predicted octanol–water partition coefficient (Wildman–Crippen LogP) is 4.51. The summed E-state index contributed by atoms with van der Waals surface area (Å²) in [7, 11) is 1.65. The van der Waals surface area contributed by atoms with Crippen LogP contribution in [0.25, 0.3) is 0 Å². The van der Waals surface area contributed by atoms with Crippen molar-refractivity contribution in [3.05, 3.63) is 77.5 Å². The van der Waals surface area contributed by atoms with E-state index in [1.54, 1.807) is 18.9 Å². The van der Waals surface area contributed by atoms with Crippen molar-refractivity contribution in [3.63, 3.8) is 0 Å². The molecule has 3 aromatic rings. The van der Waals surface area contributed by atoms with Gasteiger partial charge in [0.15, 0.2) is 0 Å². The first-order valence-corrected chi connectivity index (χ1v) is 10.1. The van der Waals surface area contributed by atoms with E-state index >= 15 is 0 Å². The number of aryl methyl sites for hydroxylation is 2. The lowest BCUT2D eigenvalue weighted by molar-refractivity contribution is -0.116. The molecule has 0 fully saturated rings. The molecule has 1 aliphatic rings. The van der Waals surface area contributed by atoms with Crippen molar-refractivity contribution < 1.29 is 9.53 Å². The smallest absolute Gasteiger partial charge is 0.240 e. The second-order valence-corrected chi connectivity index (χ2v) is 8.09. The molecular weight excluding hydrogens is 370 g/mol. The molecule has 0 aliphatic carbocycles. The standard InChI is InChI=1S/C22H23N3O2S/c1-14-5-4-6-17(13-14)23-22(26)21-20(16-8-10-18(27-3)11-9-16)24-25-15(2)7-12-19(25)28-21/h4-13,20-21,24H,1-3H3,(H,23,26)/t20-,21-/m1/s1. The Morgan fingerprint density at radius 1 is 1.11 bits per heavy atom. The van der Waals surface area contributed by atoms with E-state index in [4.69, 9.17) is 4.74 Å². The van der Waals surface area contributed by atoms with E-state index in [0.29, 0.717) is 0 Å². The second kappa shape index (κ2) is 7.64. The van der Waals surface area contributed by atoms with Crippen molar-refractivity contribution in [3.8, 4) is 5.75 Å². The maximum absolute atomic E-state index is 13.2. The van der Waals surface area contributed by atoms with E-state index < -0.39 is 0 Å². The van der Waals surface area contributed by atoms with Gasteiger partial charge < -0.3 is 15.5 Å². The van der Waals surface area contributed by atoms with Crippen LogP contribution in [0.1, 0.15) is 22.9 Å². The first-order valence-electron chi connectivity index (χ1n) is 9.18. The Kier molecular flexibility index (Phi) is 5.05. The van der Waals surface area contributed by atoms with Crippen molar-refractivity contribution in [2.75, 3.05) is 17.9 Å². The van der Waals surface area contributed by atoms with Crippen LogP contribution in [-0.4, -0.2) is 22.9 Å². The van der Waals surface area contributed by atoms with Gasteiger partial charge in [-0.1, -0.05) is 36.0 Å². The van der Waals surface area contributed by atoms with Gasteiger partial charge in [0.2, 0.25) is 5.91 Å². The molecule has 0 radical (unpaired) electrons. The molecule has 0 unspecified atom stereocenters. The molecule has 2 heterocycles. The lowest BCUT2D eigenvalue weighted by Gasteiger charge is -2.34. The first-order chi connectivity index (χ1) is 13.5. The minimum Gasteiger partial charge on any atom is -0.497 e. The topological polar surface area (TPSA) is 55.3 Å². The van der Waals surface area contributed by atoms with E-state index in [1.807, 2.05) is 61.5 Å². The number of rotatable bonds is 4.